The highest BCUT2D eigenvalue weighted by Crippen LogP contribution is 2.53. The van der Waals surface area contributed by atoms with Crippen LogP contribution in [0.2, 0.25) is 0 Å². The van der Waals surface area contributed by atoms with Crippen LogP contribution in [0, 0.1) is 6.92 Å². The summed E-state index contributed by atoms with van der Waals surface area (Å²) in [6, 6.07) is 4.76. The fourth-order valence-corrected chi connectivity index (χ4v) is 3.73. The number of amides is 2. The summed E-state index contributed by atoms with van der Waals surface area (Å²) in [5.41, 5.74) is -8.14. The monoisotopic (exact) mass is 481 g/mol. The predicted molar refractivity (Wildman–Crippen MR) is 103 cm³/mol. The molecule has 180 valence electrons. The number of likely N-dealkylation sites (tertiary alicyclic amines) is 1. The molecule has 0 unspecified atom stereocenters. The van der Waals surface area contributed by atoms with Gasteiger partial charge in [0.05, 0.1) is 5.69 Å². The minimum atomic E-state index is -6.23. The van der Waals surface area contributed by atoms with Gasteiger partial charge in [-0.05, 0) is 30.7 Å². The number of nitrogens with one attached hydrogen (secondary N) is 1. The van der Waals surface area contributed by atoms with Gasteiger partial charge in [-0.15, -0.1) is 0 Å². The summed E-state index contributed by atoms with van der Waals surface area (Å²) in [5, 5.41) is 2.31. The smallest absolute Gasteiger partial charge is 0.324 e. The van der Waals surface area contributed by atoms with Crippen LogP contribution in [0.4, 0.5) is 45.6 Å². The number of nitrogens with zero attached hydrogens (tertiary/aromatic N) is 2. The number of aryl methyl sites for hydroxylation is 1. The van der Waals surface area contributed by atoms with E-state index in [2.05, 4.69) is 10.3 Å². The van der Waals surface area contributed by atoms with Crippen molar-refractivity contribution in [2.45, 2.75) is 43.5 Å². The van der Waals surface area contributed by atoms with E-state index in [0.717, 1.165) is 12.1 Å². The molecule has 0 bridgehead atoms. The maximum atomic E-state index is 15.3. The molecule has 2 amide bonds. The van der Waals surface area contributed by atoms with Gasteiger partial charge in [-0.3, -0.25) is 4.98 Å². The van der Waals surface area contributed by atoms with E-state index >= 15 is 4.39 Å². The summed E-state index contributed by atoms with van der Waals surface area (Å²) in [5.74, 6) is 0. The Morgan fingerprint density at radius 2 is 1.52 bits per heavy atom. The molecule has 2 aromatic rings. The zero-order valence-electron chi connectivity index (χ0n) is 17.2. The number of alkyl halides is 8. The first-order chi connectivity index (χ1) is 15.2. The molecule has 2 heterocycles. The van der Waals surface area contributed by atoms with Gasteiger partial charge in [-0.2, -0.15) is 26.3 Å². The number of anilines is 1. The molecule has 1 aromatic carbocycles. The maximum absolute atomic E-state index is 15.3. The number of piperidine rings is 1. The highest BCUT2D eigenvalue weighted by Gasteiger charge is 2.73. The van der Waals surface area contributed by atoms with Crippen LogP contribution in [0.5, 0.6) is 0 Å². The maximum Gasteiger partial charge on any atom is 0.435 e. The van der Waals surface area contributed by atoms with Gasteiger partial charge >= 0.3 is 24.1 Å². The SMILES string of the molecule is Cc1cccnc1C1(F)CCN(C(=O)Nc2ccc(C(F)(C(F)(F)F)C(F)(F)F)cc2)CC1. The van der Waals surface area contributed by atoms with Crippen molar-refractivity contribution in [2.24, 2.45) is 0 Å². The van der Waals surface area contributed by atoms with Crippen LogP contribution >= 0.6 is 0 Å². The molecule has 1 aliphatic rings. The summed E-state index contributed by atoms with van der Waals surface area (Å²) in [4.78, 5) is 17.8. The van der Waals surface area contributed by atoms with Crippen LogP contribution in [0.25, 0.3) is 0 Å². The van der Waals surface area contributed by atoms with Crippen LogP contribution in [0.3, 0.4) is 0 Å². The fourth-order valence-electron chi connectivity index (χ4n) is 3.73. The number of urea groups is 1. The zero-order chi connectivity index (χ0) is 24.7. The van der Waals surface area contributed by atoms with Crippen molar-refractivity contribution in [3.8, 4) is 0 Å². The Hall–Kier alpha value is -2.92. The van der Waals surface area contributed by atoms with Crippen molar-refractivity contribution in [1.29, 1.82) is 0 Å². The lowest BCUT2D eigenvalue weighted by atomic mass is 9.87. The lowest BCUT2D eigenvalue weighted by Gasteiger charge is -2.36. The highest BCUT2D eigenvalue weighted by atomic mass is 19.4. The van der Waals surface area contributed by atoms with E-state index in [1.807, 2.05) is 0 Å². The van der Waals surface area contributed by atoms with Crippen molar-refractivity contribution in [3.05, 3.63) is 59.4 Å². The largest absolute Gasteiger partial charge is 0.435 e. The third-order valence-corrected chi connectivity index (χ3v) is 5.59. The molecular weight excluding hydrogens is 462 g/mol. The minimum Gasteiger partial charge on any atom is -0.324 e. The van der Waals surface area contributed by atoms with Crippen molar-refractivity contribution in [1.82, 2.24) is 9.88 Å². The van der Waals surface area contributed by atoms with Crippen LogP contribution in [-0.2, 0) is 11.3 Å². The first kappa shape index (κ1) is 24.7. The molecule has 3 rings (SSSR count). The van der Waals surface area contributed by atoms with E-state index in [1.54, 1.807) is 19.1 Å². The van der Waals surface area contributed by atoms with E-state index in [9.17, 15) is 35.5 Å². The van der Waals surface area contributed by atoms with Gasteiger partial charge in [0.2, 0.25) is 0 Å². The molecule has 12 heteroatoms. The van der Waals surface area contributed by atoms with Crippen molar-refractivity contribution in [2.75, 3.05) is 18.4 Å². The second-order valence-electron chi connectivity index (χ2n) is 7.78. The van der Waals surface area contributed by atoms with Crippen molar-refractivity contribution >= 4 is 11.7 Å². The zero-order valence-corrected chi connectivity index (χ0v) is 17.2. The third-order valence-electron chi connectivity index (χ3n) is 5.59. The van der Waals surface area contributed by atoms with E-state index in [1.165, 1.54) is 11.1 Å². The Kier molecular flexibility index (Phi) is 6.33. The van der Waals surface area contributed by atoms with Gasteiger partial charge < -0.3 is 10.2 Å². The number of carbonyl (C=O) groups is 1. The standard InChI is InChI=1S/C21H19F8N3O/c1-13-3-2-10-30-16(13)18(22)8-11-32(12-9-18)17(33)31-15-6-4-14(5-7-15)19(23,20(24,25)26)21(27,28)29/h2-7,10H,8-9,11-12H2,1H3,(H,31,33). The second-order valence-corrected chi connectivity index (χ2v) is 7.78. The van der Waals surface area contributed by atoms with Crippen LogP contribution in [-0.4, -0.2) is 41.4 Å². The molecule has 33 heavy (non-hydrogen) atoms. The molecule has 1 aliphatic heterocycles. The number of benzene rings is 1. The summed E-state index contributed by atoms with van der Waals surface area (Å²) >= 11 is 0. The summed E-state index contributed by atoms with van der Waals surface area (Å²) < 4.78 is 106. The molecule has 0 saturated carbocycles. The lowest BCUT2D eigenvalue weighted by molar-refractivity contribution is -0.348. The van der Waals surface area contributed by atoms with Gasteiger partial charge in [0, 0.05) is 43.4 Å². The lowest BCUT2D eigenvalue weighted by Crippen LogP contribution is -2.50. The predicted octanol–water partition coefficient (Wildman–Crippen LogP) is 6.17. The second kappa shape index (κ2) is 8.45. The Morgan fingerprint density at radius 3 is 2.00 bits per heavy atom. The Morgan fingerprint density at radius 1 is 0.970 bits per heavy atom. The van der Waals surface area contributed by atoms with Crippen LogP contribution in [0.1, 0.15) is 29.7 Å². The van der Waals surface area contributed by atoms with E-state index in [0.29, 0.717) is 17.7 Å². The molecule has 1 saturated heterocycles. The van der Waals surface area contributed by atoms with E-state index in [-0.39, 0.29) is 37.3 Å². The average Bonchev–Trinajstić information content (AvgIpc) is 2.73. The Labute approximate surface area is 183 Å². The number of hydrogen-bond donors (Lipinski definition) is 1. The van der Waals surface area contributed by atoms with Crippen molar-refractivity contribution < 1.29 is 39.9 Å². The first-order valence-corrected chi connectivity index (χ1v) is 9.79. The first-order valence-electron chi connectivity index (χ1n) is 9.79. The van der Waals surface area contributed by atoms with E-state index in [4.69, 9.17) is 0 Å². The molecule has 0 spiro atoms. The number of aromatic nitrogens is 1. The van der Waals surface area contributed by atoms with Gasteiger partial charge in [-0.1, -0.05) is 18.2 Å². The molecule has 1 fully saturated rings. The van der Waals surface area contributed by atoms with Gasteiger partial charge in [-0.25, -0.2) is 13.6 Å². The summed E-state index contributed by atoms with van der Waals surface area (Å²) in [7, 11) is 0. The molecule has 0 aliphatic carbocycles. The molecular formula is C21H19F8N3O. The number of pyridine rings is 1. The number of hydrogen-bond acceptors (Lipinski definition) is 2. The van der Waals surface area contributed by atoms with Gasteiger partial charge in [0.15, 0.2) is 5.67 Å². The molecule has 1 aromatic heterocycles. The molecule has 0 atom stereocenters. The minimum absolute atomic E-state index is 0.00612. The topological polar surface area (TPSA) is 45.2 Å². The highest BCUT2D eigenvalue weighted by molar-refractivity contribution is 5.89. The normalized spacial score (nSPS) is 17.1. The summed E-state index contributed by atoms with van der Waals surface area (Å²) in [6.07, 6.45) is -11.1. The Bertz CT molecular complexity index is 982. The number of carbonyl (C=O) groups excluding carboxylic acids is 1. The molecule has 1 N–H and O–H groups in total. The van der Waals surface area contributed by atoms with Crippen LogP contribution in [0.15, 0.2) is 42.6 Å². The number of halogens is 8. The fraction of sp³-hybridized carbons (Fsp3) is 0.429. The summed E-state index contributed by atoms with van der Waals surface area (Å²) in [6.45, 7) is 1.73. The Balaban J connectivity index is 1.68. The van der Waals surface area contributed by atoms with Crippen molar-refractivity contribution in [3.63, 3.8) is 0 Å². The van der Waals surface area contributed by atoms with Gasteiger partial charge in [0.1, 0.15) is 0 Å². The quantitative estimate of drug-likeness (QED) is 0.533. The third kappa shape index (κ3) is 4.60. The molecule has 0 radical (unpaired) electrons. The number of rotatable bonds is 3. The van der Waals surface area contributed by atoms with E-state index < -0.39 is 35.3 Å². The van der Waals surface area contributed by atoms with Gasteiger partial charge in [0.25, 0.3) is 0 Å². The van der Waals surface area contributed by atoms with Crippen LogP contribution < -0.4 is 5.32 Å². The molecule has 4 nitrogen and oxygen atoms in total. The average molecular weight is 481 g/mol.